The van der Waals surface area contributed by atoms with Crippen molar-refractivity contribution in [3.8, 4) is 0 Å². The molecule has 0 amide bonds. The molecular weight excluding hydrogens is 455 g/mol. The van der Waals surface area contributed by atoms with Crippen molar-refractivity contribution >= 4 is 24.8 Å². The topological polar surface area (TPSA) is 35.9 Å². The van der Waals surface area contributed by atoms with Crippen LogP contribution >= 0.6 is 24.8 Å². The van der Waals surface area contributed by atoms with Crippen LogP contribution in [0.2, 0.25) is 0 Å². The maximum absolute atomic E-state index is 10.4. The van der Waals surface area contributed by atoms with Crippen LogP contribution in [0.1, 0.15) is 22.7 Å². The second kappa shape index (κ2) is 14.4. The zero-order valence-electron chi connectivity index (χ0n) is 18.8. The van der Waals surface area contributed by atoms with E-state index in [1.807, 2.05) is 30.3 Å². The summed E-state index contributed by atoms with van der Waals surface area (Å²) in [6.45, 7) is 5.42. The third-order valence-corrected chi connectivity index (χ3v) is 5.89. The highest BCUT2D eigenvalue weighted by atomic mass is 35.5. The molecule has 4 rings (SSSR count). The van der Waals surface area contributed by atoms with Crippen LogP contribution < -0.4 is 0 Å². The Bertz CT molecular complexity index is 852. The van der Waals surface area contributed by atoms with Crippen LogP contribution in [0.4, 0.5) is 0 Å². The van der Waals surface area contributed by atoms with E-state index < -0.39 is 6.10 Å². The number of hydrogen-bond donors (Lipinski definition) is 1. The number of aliphatic hydroxyl groups excluding tert-OH is 1. The van der Waals surface area contributed by atoms with Crippen LogP contribution in [0.5, 0.6) is 0 Å². The number of aliphatic hydroxyl groups is 1. The zero-order chi connectivity index (χ0) is 21.3. The maximum Gasteiger partial charge on any atom is 0.0900 e. The molecule has 1 heterocycles. The maximum atomic E-state index is 10.4. The Morgan fingerprint density at radius 2 is 1.18 bits per heavy atom. The number of β-amino-alcohol motifs (C(OH)–C–C–N with tert-alkyl or cyclic N) is 1. The van der Waals surface area contributed by atoms with Crippen molar-refractivity contribution < 1.29 is 9.84 Å². The lowest BCUT2D eigenvalue weighted by Crippen LogP contribution is -2.50. The number of hydrogen-bond acceptors (Lipinski definition) is 4. The van der Waals surface area contributed by atoms with E-state index >= 15 is 0 Å². The highest BCUT2D eigenvalue weighted by Gasteiger charge is 2.27. The average molecular weight is 489 g/mol. The fraction of sp³-hybridized carbons (Fsp3) is 0.333. The summed E-state index contributed by atoms with van der Waals surface area (Å²) in [5.74, 6) is 0. The predicted molar refractivity (Wildman–Crippen MR) is 139 cm³/mol. The standard InChI is InChI=1S/C27H32N2O2.2ClH/c30-26(22-31-21-23-10-4-1-5-11-23)20-28-16-18-29(19-17-28)27(24-12-6-2-7-13-24)25-14-8-3-9-15-25;;/h1-15,26-27,30H,16-22H2;2*1H. The molecule has 1 aliphatic heterocycles. The van der Waals surface area contributed by atoms with E-state index in [4.69, 9.17) is 4.74 Å². The Morgan fingerprint density at radius 1 is 0.697 bits per heavy atom. The predicted octanol–water partition coefficient (Wildman–Crippen LogP) is 4.81. The van der Waals surface area contributed by atoms with Crippen molar-refractivity contribution in [2.45, 2.75) is 18.8 Å². The molecule has 0 spiro atoms. The number of halogens is 2. The van der Waals surface area contributed by atoms with Gasteiger partial charge in [-0.2, -0.15) is 0 Å². The monoisotopic (exact) mass is 488 g/mol. The summed E-state index contributed by atoms with van der Waals surface area (Å²) in [4.78, 5) is 4.90. The quantitative estimate of drug-likeness (QED) is 0.468. The van der Waals surface area contributed by atoms with Crippen LogP contribution in [-0.4, -0.2) is 60.3 Å². The molecule has 4 nitrogen and oxygen atoms in total. The molecule has 0 bridgehead atoms. The second-order valence-corrected chi connectivity index (χ2v) is 8.22. The van der Waals surface area contributed by atoms with Crippen molar-refractivity contribution in [3.05, 3.63) is 108 Å². The number of benzene rings is 3. The molecule has 178 valence electrons. The van der Waals surface area contributed by atoms with Gasteiger partial charge in [-0.1, -0.05) is 91.0 Å². The second-order valence-electron chi connectivity index (χ2n) is 8.22. The van der Waals surface area contributed by atoms with Crippen LogP contribution in [0.25, 0.3) is 0 Å². The first-order valence-electron chi connectivity index (χ1n) is 11.2. The van der Waals surface area contributed by atoms with Gasteiger partial charge in [-0.05, 0) is 16.7 Å². The SMILES string of the molecule is Cl.Cl.OC(COCc1ccccc1)CN1CCN(C(c2ccccc2)c2ccccc2)CC1. The molecule has 0 saturated carbocycles. The Morgan fingerprint density at radius 3 is 1.70 bits per heavy atom. The molecular formula is C27H34Cl2N2O2. The van der Waals surface area contributed by atoms with Crippen LogP contribution in [0, 0.1) is 0 Å². The van der Waals surface area contributed by atoms with Gasteiger partial charge in [0.15, 0.2) is 0 Å². The minimum Gasteiger partial charge on any atom is -0.389 e. The van der Waals surface area contributed by atoms with Crippen molar-refractivity contribution in [3.63, 3.8) is 0 Å². The molecule has 1 unspecified atom stereocenters. The molecule has 3 aromatic carbocycles. The van der Waals surface area contributed by atoms with Crippen LogP contribution in [0.15, 0.2) is 91.0 Å². The Hall–Kier alpha value is -1.92. The van der Waals surface area contributed by atoms with Gasteiger partial charge in [0.2, 0.25) is 0 Å². The van der Waals surface area contributed by atoms with Gasteiger partial charge < -0.3 is 9.84 Å². The molecule has 0 radical (unpaired) electrons. The lowest BCUT2D eigenvalue weighted by molar-refractivity contribution is -0.000707. The van der Waals surface area contributed by atoms with Gasteiger partial charge in [0.05, 0.1) is 25.4 Å². The zero-order valence-corrected chi connectivity index (χ0v) is 20.5. The van der Waals surface area contributed by atoms with Crippen molar-refractivity contribution in [2.24, 2.45) is 0 Å². The minimum atomic E-state index is -0.464. The molecule has 33 heavy (non-hydrogen) atoms. The first-order valence-corrected chi connectivity index (χ1v) is 11.2. The summed E-state index contributed by atoms with van der Waals surface area (Å²) < 4.78 is 5.71. The molecule has 1 fully saturated rings. The van der Waals surface area contributed by atoms with Gasteiger partial charge in [-0.15, -0.1) is 24.8 Å². The summed E-state index contributed by atoms with van der Waals surface area (Å²) in [5.41, 5.74) is 3.80. The Kier molecular flexibility index (Phi) is 11.9. The molecule has 3 aromatic rings. The van der Waals surface area contributed by atoms with Crippen molar-refractivity contribution in [1.29, 1.82) is 0 Å². The van der Waals surface area contributed by atoms with Crippen LogP contribution in [-0.2, 0) is 11.3 Å². The third kappa shape index (κ3) is 8.11. The molecule has 1 N–H and O–H groups in total. The fourth-order valence-electron chi connectivity index (χ4n) is 4.33. The van der Waals surface area contributed by atoms with Gasteiger partial charge in [0, 0.05) is 32.7 Å². The summed E-state index contributed by atoms with van der Waals surface area (Å²) in [7, 11) is 0. The van der Waals surface area contributed by atoms with Gasteiger partial charge in [0.1, 0.15) is 0 Å². The molecule has 0 aromatic heterocycles. The number of piperazine rings is 1. The highest BCUT2D eigenvalue weighted by molar-refractivity contribution is 5.85. The van der Waals surface area contributed by atoms with Crippen molar-refractivity contribution in [2.75, 3.05) is 39.3 Å². The lowest BCUT2D eigenvalue weighted by atomic mass is 9.96. The summed E-state index contributed by atoms with van der Waals surface area (Å²) in [6, 6.07) is 31.9. The minimum absolute atomic E-state index is 0. The van der Waals surface area contributed by atoms with Gasteiger partial charge in [0.25, 0.3) is 0 Å². The smallest absolute Gasteiger partial charge is 0.0900 e. The highest BCUT2D eigenvalue weighted by Crippen LogP contribution is 2.29. The van der Waals surface area contributed by atoms with E-state index in [0.29, 0.717) is 19.8 Å². The lowest BCUT2D eigenvalue weighted by Gasteiger charge is -2.40. The Balaban J connectivity index is 0.00000193. The first-order chi connectivity index (χ1) is 15.3. The van der Waals surface area contributed by atoms with Gasteiger partial charge in [-0.3, -0.25) is 9.80 Å². The van der Waals surface area contributed by atoms with E-state index in [9.17, 15) is 5.11 Å². The van der Waals surface area contributed by atoms with Gasteiger partial charge >= 0.3 is 0 Å². The van der Waals surface area contributed by atoms with E-state index in [1.54, 1.807) is 0 Å². The van der Waals surface area contributed by atoms with E-state index in [2.05, 4.69) is 70.5 Å². The molecule has 1 atom stereocenters. The van der Waals surface area contributed by atoms with E-state index in [1.165, 1.54) is 11.1 Å². The molecule has 1 aliphatic rings. The van der Waals surface area contributed by atoms with Crippen molar-refractivity contribution in [1.82, 2.24) is 9.80 Å². The normalized spacial score (nSPS) is 15.5. The summed E-state index contributed by atoms with van der Waals surface area (Å²) in [5, 5.41) is 10.4. The average Bonchev–Trinajstić information content (AvgIpc) is 2.82. The number of ether oxygens (including phenoxy) is 1. The Labute approximate surface area is 210 Å². The number of rotatable bonds is 9. The summed E-state index contributed by atoms with van der Waals surface area (Å²) in [6.07, 6.45) is -0.464. The largest absolute Gasteiger partial charge is 0.389 e. The first kappa shape index (κ1) is 27.3. The molecule has 0 aliphatic carbocycles. The van der Waals surface area contributed by atoms with Crippen LogP contribution in [0.3, 0.4) is 0 Å². The third-order valence-electron chi connectivity index (χ3n) is 5.89. The number of nitrogens with zero attached hydrogens (tertiary/aromatic N) is 2. The fourth-order valence-corrected chi connectivity index (χ4v) is 4.33. The molecule has 6 heteroatoms. The van der Waals surface area contributed by atoms with E-state index in [0.717, 1.165) is 31.7 Å². The summed E-state index contributed by atoms with van der Waals surface area (Å²) >= 11 is 0. The molecule has 1 saturated heterocycles. The van der Waals surface area contributed by atoms with Gasteiger partial charge in [-0.25, -0.2) is 0 Å². The van der Waals surface area contributed by atoms with E-state index in [-0.39, 0.29) is 30.9 Å².